The summed E-state index contributed by atoms with van der Waals surface area (Å²) in [6.45, 7) is 0. The number of thiophene rings is 2. The highest BCUT2D eigenvalue weighted by molar-refractivity contribution is 9.11. The van der Waals surface area contributed by atoms with Crippen molar-refractivity contribution in [2.75, 3.05) is 5.73 Å². The Morgan fingerprint density at radius 2 is 2.06 bits per heavy atom. The third-order valence-electron chi connectivity index (χ3n) is 2.15. The second-order valence-electron chi connectivity index (χ2n) is 3.18. The lowest BCUT2D eigenvalue weighted by atomic mass is 10.3. The summed E-state index contributed by atoms with van der Waals surface area (Å²) in [5.74, 6) is 1.24. The van der Waals surface area contributed by atoms with Gasteiger partial charge >= 0.3 is 0 Å². The first-order valence-electron chi connectivity index (χ1n) is 4.50. The van der Waals surface area contributed by atoms with Gasteiger partial charge in [-0.05, 0) is 39.5 Å². The molecule has 3 aromatic heterocycles. The Hall–Kier alpha value is -0.980. The summed E-state index contributed by atoms with van der Waals surface area (Å²) in [6, 6.07) is 5.92. The van der Waals surface area contributed by atoms with Crippen LogP contribution < -0.4 is 5.73 Å². The van der Waals surface area contributed by atoms with Gasteiger partial charge in [0.1, 0.15) is 10.6 Å². The summed E-state index contributed by atoms with van der Waals surface area (Å²) >= 11 is 6.60. The number of nitrogens with zero attached hydrogens (tertiary/aromatic N) is 2. The fourth-order valence-electron chi connectivity index (χ4n) is 1.42. The number of aromatic nitrogens is 2. The Bertz CT molecular complexity index is 659. The Kier molecular flexibility index (Phi) is 2.42. The fourth-order valence-corrected chi connectivity index (χ4v) is 3.51. The van der Waals surface area contributed by atoms with Gasteiger partial charge in [0.15, 0.2) is 5.82 Å². The third-order valence-corrected chi connectivity index (χ3v) is 4.57. The van der Waals surface area contributed by atoms with Crippen molar-refractivity contribution in [2.24, 2.45) is 0 Å². The maximum Gasteiger partial charge on any atom is 0.173 e. The van der Waals surface area contributed by atoms with Crippen molar-refractivity contribution in [1.82, 2.24) is 9.97 Å². The smallest absolute Gasteiger partial charge is 0.173 e. The number of nitrogens with two attached hydrogens (primary N) is 1. The zero-order chi connectivity index (χ0) is 11.1. The predicted octanol–water partition coefficient (Wildman–Crippen LogP) is 3.76. The van der Waals surface area contributed by atoms with Gasteiger partial charge in [-0.3, -0.25) is 0 Å². The van der Waals surface area contributed by atoms with Crippen molar-refractivity contribution >= 4 is 54.6 Å². The highest BCUT2D eigenvalue weighted by atomic mass is 79.9. The zero-order valence-corrected chi connectivity index (χ0v) is 11.2. The van der Waals surface area contributed by atoms with Crippen LogP contribution in [0, 0.1) is 0 Å². The number of hydrogen-bond donors (Lipinski definition) is 1. The van der Waals surface area contributed by atoms with Crippen LogP contribution in [0.25, 0.3) is 20.9 Å². The molecule has 6 heteroatoms. The van der Waals surface area contributed by atoms with E-state index < -0.39 is 0 Å². The Balaban J connectivity index is 2.24. The summed E-state index contributed by atoms with van der Waals surface area (Å²) in [7, 11) is 0. The normalized spacial score (nSPS) is 11.1. The summed E-state index contributed by atoms with van der Waals surface area (Å²) in [5, 5.41) is 2.91. The summed E-state index contributed by atoms with van der Waals surface area (Å²) in [6.07, 6.45) is 0. The number of rotatable bonds is 1. The Morgan fingerprint density at radius 3 is 2.81 bits per heavy atom. The number of halogens is 1. The van der Waals surface area contributed by atoms with E-state index in [-0.39, 0.29) is 0 Å². The highest BCUT2D eigenvalue weighted by Gasteiger charge is 2.09. The quantitative estimate of drug-likeness (QED) is 0.744. The van der Waals surface area contributed by atoms with Gasteiger partial charge in [0, 0.05) is 0 Å². The summed E-state index contributed by atoms with van der Waals surface area (Å²) < 4.78 is 1.07. The number of nitrogen functional groups attached to an aromatic ring is 1. The second-order valence-corrected chi connectivity index (χ2v) is 6.53. The Morgan fingerprint density at radius 1 is 1.19 bits per heavy atom. The molecule has 0 bridgehead atoms. The van der Waals surface area contributed by atoms with Crippen LogP contribution in [0.3, 0.4) is 0 Å². The molecule has 0 unspecified atom stereocenters. The molecule has 0 saturated carbocycles. The minimum Gasteiger partial charge on any atom is -0.383 e. The number of fused-ring (bicyclic) bond motifs is 1. The van der Waals surface area contributed by atoms with Gasteiger partial charge in [-0.25, -0.2) is 9.97 Å². The minimum atomic E-state index is 0.547. The molecule has 80 valence electrons. The van der Waals surface area contributed by atoms with E-state index in [9.17, 15) is 0 Å². The van der Waals surface area contributed by atoms with Gasteiger partial charge in [-0.2, -0.15) is 0 Å². The molecule has 0 aliphatic rings. The van der Waals surface area contributed by atoms with Gasteiger partial charge in [-0.1, -0.05) is 0 Å². The van der Waals surface area contributed by atoms with Crippen molar-refractivity contribution < 1.29 is 0 Å². The number of anilines is 1. The highest BCUT2D eigenvalue weighted by Crippen LogP contribution is 2.32. The van der Waals surface area contributed by atoms with E-state index in [1.807, 2.05) is 23.6 Å². The summed E-state index contributed by atoms with van der Waals surface area (Å²) in [5.41, 5.74) is 5.89. The van der Waals surface area contributed by atoms with Gasteiger partial charge in [-0.15, -0.1) is 22.7 Å². The van der Waals surface area contributed by atoms with Crippen LogP contribution in [0.2, 0.25) is 0 Å². The Labute approximate surface area is 108 Å². The zero-order valence-electron chi connectivity index (χ0n) is 7.98. The first-order chi connectivity index (χ1) is 7.74. The van der Waals surface area contributed by atoms with E-state index in [1.165, 1.54) is 0 Å². The number of hydrogen-bond acceptors (Lipinski definition) is 5. The van der Waals surface area contributed by atoms with Crippen molar-refractivity contribution in [3.8, 4) is 10.7 Å². The van der Waals surface area contributed by atoms with Crippen LogP contribution in [0.1, 0.15) is 0 Å². The average Bonchev–Trinajstić information content (AvgIpc) is 2.85. The first kappa shape index (κ1) is 10.2. The molecular weight excluding hydrogens is 306 g/mol. The maximum atomic E-state index is 5.89. The standard InChI is InChI=1S/C10H6BrN3S2/c11-7-2-1-6(16-7)9-13-8(12)5-3-4-15-10(5)14-9/h1-4H,(H2,12,13,14). The van der Waals surface area contributed by atoms with E-state index in [0.717, 1.165) is 18.9 Å². The summed E-state index contributed by atoms with van der Waals surface area (Å²) in [4.78, 5) is 10.8. The molecule has 0 radical (unpaired) electrons. The lowest BCUT2D eigenvalue weighted by molar-refractivity contribution is 1.26. The van der Waals surface area contributed by atoms with E-state index in [2.05, 4.69) is 25.9 Å². The van der Waals surface area contributed by atoms with Crippen molar-refractivity contribution in [3.05, 3.63) is 27.4 Å². The van der Waals surface area contributed by atoms with Crippen LogP contribution in [-0.2, 0) is 0 Å². The fraction of sp³-hybridized carbons (Fsp3) is 0. The molecule has 16 heavy (non-hydrogen) atoms. The monoisotopic (exact) mass is 311 g/mol. The SMILES string of the molecule is Nc1nc(-c2ccc(Br)s2)nc2sccc12. The largest absolute Gasteiger partial charge is 0.383 e. The van der Waals surface area contributed by atoms with Crippen molar-refractivity contribution in [1.29, 1.82) is 0 Å². The predicted molar refractivity (Wildman–Crippen MR) is 72.8 cm³/mol. The lowest BCUT2D eigenvalue weighted by Gasteiger charge is -1.99. The van der Waals surface area contributed by atoms with Gasteiger partial charge < -0.3 is 5.73 Å². The van der Waals surface area contributed by atoms with Crippen LogP contribution in [0.4, 0.5) is 5.82 Å². The molecule has 0 aromatic carbocycles. The minimum absolute atomic E-state index is 0.547. The molecule has 0 spiro atoms. The van der Waals surface area contributed by atoms with Crippen LogP contribution in [0.5, 0.6) is 0 Å². The van der Waals surface area contributed by atoms with Gasteiger partial charge in [0.05, 0.1) is 14.0 Å². The molecule has 0 amide bonds. The van der Waals surface area contributed by atoms with E-state index in [4.69, 9.17) is 5.73 Å². The van der Waals surface area contributed by atoms with Crippen LogP contribution in [-0.4, -0.2) is 9.97 Å². The molecule has 3 heterocycles. The van der Waals surface area contributed by atoms with E-state index in [1.54, 1.807) is 22.7 Å². The molecule has 0 atom stereocenters. The molecule has 0 aliphatic heterocycles. The first-order valence-corrected chi connectivity index (χ1v) is 6.99. The maximum absolute atomic E-state index is 5.89. The van der Waals surface area contributed by atoms with Crippen molar-refractivity contribution in [3.63, 3.8) is 0 Å². The van der Waals surface area contributed by atoms with Gasteiger partial charge in [0.25, 0.3) is 0 Å². The molecule has 0 saturated heterocycles. The lowest BCUT2D eigenvalue weighted by Crippen LogP contribution is -1.94. The topological polar surface area (TPSA) is 51.8 Å². The molecule has 0 aliphatic carbocycles. The molecular formula is C10H6BrN3S2. The van der Waals surface area contributed by atoms with Crippen LogP contribution in [0.15, 0.2) is 27.4 Å². The van der Waals surface area contributed by atoms with Gasteiger partial charge in [0.2, 0.25) is 0 Å². The average molecular weight is 312 g/mol. The van der Waals surface area contributed by atoms with Crippen LogP contribution >= 0.6 is 38.6 Å². The molecule has 2 N–H and O–H groups in total. The van der Waals surface area contributed by atoms with E-state index in [0.29, 0.717) is 11.6 Å². The third kappa shape index (κ3) is 1.63. The molecule has 3 rings (SSSR count). The van der Waals surface area contributed by atoms with E-state index >= 15 is 0 Å². The molecule has 3 nitrogen and oxygen atoms in total. The second kappa shape index (κ2) is 3.80. The van der Waals surface area contributed by atoms with Crippen molar-refractivity contribution in [2.45, 2.75) is 0 Å². The molecule has 3 aromatic rings. The molecule has 0 fully saturated rings.